The van der Waals surface area contributed by atoms with Crippen LogP contribution in [0.3, 0.4) is 0 Å². The van der Waals surface area contributed by atoms with E-state index in [1.165, 1.54) is 12.1 Å². The minimum Gasteiger partial charge on any atom is -0.480 e. The number of para-hydroxylation sites is 1. The molecule has 1 amide bonds. The Kier molecular flexibility index (Phi) is 5.01. The number of methoxy groups -OCH3 is 1. The van der Waals surface area contributed by atoms with Gasteiger partial charge >= 0.3 is 11.9 Å². The third kappa shape index (κ3) is 3.67. The van der Waals surface area contributed by atoms with Crippen LogP contribution in [0.25, 0.3) is 0 Å². The van der Waals surface area contributed by atoms with Crippen LogP contribution in [0.2, 0.25) is 0 Å². The van der Waals surface area contributed by atoms with Gasteiger partial charge in [0.15, 0.2) is 0 Å². The number of nitrogens with two attached hydrogens (primary N) is 1. The molecule has 0 unspecified atom stereocenters. The number of ether oxygens (including phenoxy) is 1. The first kappa shape index (κ1) is 15.4. The highest BCUT2D eigenvalue weighted by Crippen LogP contribution is 2.15. The number of amides is 1. The number of hydrogen-bond acceptors (Lipinski definition) is 5. The maximum absolute atomic E-state index is 13.2. The molecule has 1 atom stereocenters. The van der Waals surface area contributed by atoms with E-state index in [0.29, 0.717) is 0 Å². The second kappa shape index (κ2) is 6.50. The van der Waals surface area contributed by atoms with Gasteiger partial charge in [0.2, 0.25) is 0 Å². The first-order valence-electron chi connectivity index (χ1n) is 5.51. The predicted molar refractivity (Wildman–Crippen MR) is 66.3 cm³/mol. The number of halogens is 1. The Morgan fingerprint density at radius 1 is 1.45 bits per heavy atom. The summed E-state index contributed by atoms with van der Waals surface area (Å²) in [5, 5.41) is 11.0. The second-order valence-corrected chi connectivity index (χ2v) is 3.85. The second-order valence-electron chi connectivity index (χ2n) is 3.85. The van der Waals surface area contributed by atoms with Crippen molar-refractivity contribution in [2.24, 2.45) is 0 Å². The van der Waals surface area contributed by atoms with Crippen LogP contribution in [0.4, 0.5) is 10.1 Å². The molecule has 0 aromatic heterocycles. The fraction of sp³-hybridized carbons (Fsp3) is 0.250. The van der Waals surface area contributed by atoms with Gasteiger partial charge in [-0.05, 0) is 12.1 Å². The summed E-state index contributed by atoms with van der Waals surface area (Å²) in [6.45, 7) is 0. The van der Waals surface area contributed by atoms with Crippen LogP contribution < -0.4 is 11.1 Å². The highest BCUT2D eigenvalue weighted by atomic mass is 19.1. The van der Waals surface area contributed by atoms with Crippen molar-refractivity contribution in [3.63, 3.8) is 0 Å². The number of anilines is 1. The number of carboxylic acid groups (broad SMARTS) is 1. The molecule has 1 aromatic rings. The molecule has 0 spiro atoms. The molecular weight excluding hydrogens is 271 g/mol. The summed E-state index contributed by atoms with van der Waals surface area (Å²) in [6, 6.07) is 2.08. The van der Waals surface area contributed by atoms with E-state index < -0.39 is 41.8 Å². The molecule has 0 aliphatic carbocycles. The normalized spacial score (nSPS) is 11.5. The molecule has 20 heavy (non-hydrogen) atoms. The predicted octanol–water partition coefficient (Wildman–Crippen LogP) is 0.154. The Morgan fingerprint density at radius 2 is 2.10 bits per heavy atom. The summed E-state index contributed by atoms with van der Waals surface area (Å²) in [4.78, 5) is 33.8. The molecule has 0 saturated carbocycles. The summed E-state index contributed by atoms with van der Waals surface area (Å²) in [5.41, 5.74) is 4.78. The van der Waals surface area contributed by atoms with E-state index in [0.717, 1.165) is 13.2 Å². The molecule has 8 heteroatoms. The fourth-order valence-electron chi connectivity index (χ4n) is 1.42. The zero-order valence-corrected chi connectivity index (χ0v) is 10.6. The molecule has 1 rings (SSSR count). The van der Waals surface area contributed by atoms with Crippen LogP contribution >= 0.6 is 0 Å². The van der Waals surface area contributed by atoms with Crippen LogP contribution in [0.1, 0.15) is 16.8 Å². The number of hydrogen-bond donors (Lipinski definition) is 3. The molecule has 108 valence electrons. The molecule has 7 nitrogen and oxygen atoms in total. The molecule has 0 fully saturated rings. The van der Waals surface area contributed by atoms with Gasteiger partial charge in [0.1, 0.15) is 11.9 Å². The van der Waals surface area contributed by atoms with Gasteiger partial charge in [0.25, 0.3) is 5.91 Å². The van der Waals surface area contributed by atoms with Crippen molar-refractivity contribution < 1.29 is 28.6 Å². The minimum absolute atomic E-state index is 0.207. The molecule has 0 heterocycles. The molecule has 0 aliphatic rings. The number of nitrogen functional groups attached to an aromatic ring is 1. The number of carbonyl (C=O) groups excluding carboxylic acids is 2. The molecule has 0 aliphatic heterocycles. The lowest BCUT2D eigenvalue weighted by Crippen LogP contribution is -2.42. The lowest BCUT2D eigenvalue weighted by molar-refractivity contribution is -0.147. The molecule has 0 radical (unpaired) electrons. The van der Waals surface area contributed by atoms with Gasteiger partial charge in [-0.3, -0.25) is 9.59 Å². The smallest absolute Gasteiger partial charge is 0.326 e. The van der Waals surface area contributed by atoms with E-state index in [1.54, 1.807) is 0 Å². The SMILES string of the molecule is COC(=O)C[C@H](NC(=O)c1cccc(F)c1N)C(=O)O. The summed E-state index contributed by atoms with van der Waals surface area (Å²) in [7, 11) is 1.09. The monoisotopic (exact) mass is 284 g/mol. The third-order valence-corrected chi connectivity index (χ3v) is 2.50. The summed E-state index contributed by atoms with van der Waals surface area (Å²) < 4.78 is 17.5. The van der Waals surface area contributed by atoms with Crippen LogP contribution in [0.15, 0.2) is 18.2 Å². The van der Waals surface area contributed by atoms with Gasteiger partial charge in [0, 0.05) is 0 Å². The number of benzene rings is 1. The number of rotatable bonds is 5. The Morgan fingerprint density at radius 3 is 2.65 bits per heavy atom. The maximum atomic E-state index is 13.2. The van der Waals surface area contributed by atoms with E-state index in [2.05, 4.69) is 10.1 Å². The molecule has 4 N–H and O–H groups in total. The van der Waals surface area contributed by atoms with E-state index >= 15 is 0 Å². The van der Waals surface area contributed by atoms with Gasteiger partial charge in [-0.15, -0.1) is 0 Å². The van der Waals surface area contributed by atoms with Crippen LogP contribution in [-0.4, -0.2) is 36.1 Å². The lowest BCUT2D eigenvalue weighted by atomic mass is 10.1. The highest BCUT2D eigenvalue weighted by Gasteiger charge is 2.25. The number of esters is 1. The van der Waals surface area contributed by atoms with Crippen molar-refractivity contribution in [2.45, 2.75) is 12.5 Å². The highest BCUT2D eigenvalue weighted by molar-refractivity contribution is 6.01. The van der Waals surface area contributed by atoms with Gasteiger partial charge in [0.05, 0.1) is 24.8 Å². The Hall–Kier alpha value is -2.64. The summed E-state index contributed by atoms with van der Waals surface area (Å²) in [5.74, 6) is -3.90. The summed E-state index contributed by atoms with van der Waals surface area (Å²) in [6.07, 6.45) is -0.549. The van der Waals surface area contributed by atoms with E-state index in [4.69, 9.17) is 10.8 Å². The molecule has 1 aromatic carbocycles. The number of nitrogens with one attached hydrogen (secondary N) is 1. The minimum atomic E-state index is -1.49. The Labute approximate surface area is 113 Å². The van der Waals surface area contributed by atoms with Gasteiger partial charge in [-0.2, -0.15) is 0 Å². The number of carbonyl (C=O) groups is 3. The van der Waals surface area contributed by atoms with Crippen molar-refractivity contribution in [2.75, 3.05) is 12.8 Å². The first-order valence-corrected chi connectivity index (χ1v) is 5.51. The third-order valence-electron chi connectivity index (χ3n) is 2.50. The van der Waals surface area contributed by atoms with E-state index in [-0.39, 0.29) is 5.56 Å². The van der Waals surface area contributed by atoms with Crippen molar-refractivity contribution in [3.8, 4) is 0 Å². The van der Waals surface area contributed by atoms with Crippen molar-refractivity contribution in [1.29, 1.82) is 0 Å². The maximum Gasteiger partial charge on any atom is 0.326 e. The molecular formula is C12H13FN2O5. The van der Waals surface area contributed by atoms with Gasteiger partial charge in [-0.25, -0.2) is 9.18 Å². The Balaban J connectivity index is 2.88. The lowest BCUT2D eigenvalue weighted by Gasteiger charge is -2.14. The van der Waals surface area contributed by atoms with Crippen molar-refractivity contribution in [1.82, 2.24) is 5.32 Å². The number of aliphatic carboxylic acids is 1. The standard InChI is InChI=1S/C12H13FN2O5/c1-20-9(16)5-8(12(18)19)15-11(17)6-3-2-4-7(13)10(6)14/h2-4,8H,5,14H2,1H3,(H,15,17)(H,18,19)/t8-/m0/s1. The van der Waals surface area contributed by atoms with Crippen molar-refractivity contribution in [3.05, 3.63) is 29.6 Å². The van der Waals surface area contributed by atoms with Crippen LogP contribution in [0, 0.1) is 5.82 Å². The fourth-order valence-corrected chi connectivity index (χ4v) is 1.42. The quantitative estimate of drug-likeness (QED) is 0.523. The average molecular weight is 284 g/mol. The average Bonchev–Trinajstić information content (AvgIpc) is 2.40. The van der Waals surface area contributed by atoms with Crippen LogP contribution in [0.5, 0.6) is 0 Å². The zero-order chi connectivity index (χ0) is 15.3. The first-order chi connectivity index (χ1) is 9.36. The molecule has 0 bridgehead atoms. The van der Waals surface area contributed by atoms with Crippen molar-refractivity contribution >= 4 is 23.5 Å². The van der Waals surface area contributed by atoms with E-state index in [1.807, 2.05) is 0 Å². The number of carboxylic acids is 1. The summed E-state index contributed by atoms with van der Waals surface area (Å²) >= 11 is 0. The van der Waals surface area contributed by atoms with Gasteiger partial charge in [-0.1, -0.05) is 6.07 Å². The largest absolute Gasteiger partial charge is 0.480 e. The van der Waals surface area contributed by atoms with E-state index in [9.17, 15) is 18.8 Å². The topological polar surface area (TPSA) is 119 Å². The van der Waals surface area contributed by atoms with Gasteiger partial charge < -0.3 is 20.9 Å². The zero-order valence-electron chi connectivity index (χ0n) is 10.6. The van der Waals surface area contributed by atoms with Crippen LogP contribution in [-0.2, 0) is 14.3 Å². The Bertz CT molecular complexity index is 547. The molecule has 0 saturated heterocycles.